The van der Waals surface area contributed by atoms with E-state index in [9.17, 15) is 18.3 Å². The van der Waals surface area contributed by atoms with Crippen LogP contribution in [0.1, 0.15) is 33.1 Å². The van der Waals surface area contributed by atoms with Crippen molar-refractivity contribution in [3.8, 4) is 0 Å². The molecule has 0 aromatic carbocycles. The molecule has 6 nitrogen and oxygen atoms in total. The number of ether oxygens (including phenoxy) is 1. The van der Waals surface area contributed by atoms with Gasteiger partial charge < -0.3 is 9.84 Å². The number of hydrogen-bond donors (Lipinski definition) is 1. The van der Waals surface area contributed by atoms with Gasteiger partial charge in [0, 0.05) is 13.1 Å². The van der Waals surface area contributed by atoms with Crippen molar-refractivity contribution in [1.82, 2.24) is 4.31 Å². The summed E-state index contributed by atoms with van der Waals surface area (Å²) in [5, 5.41) is 9.91. The fourth-order valence-electron chi connectivity index (χ4n) is 2.00. The maximum atomic E-state index is 11.8. The van der Waals surface area contributed by atoms with Crippen molar-refractivity contribution in [2.24, 2.45) is 0 Å². The van der Waals surface area contributed by atoms with Crippen LogP contribution in [0.25, 0.3) is 0 Å². The summed E-state index contributed by atoms with van der Waals surface area (Å²) < 4.78 is 29.5. The predicted molar refractivity (Wildman–Crippen MR) is 66.5 cm³/mol. The Morgan fingerprint density at radius 2 is 2.00 bits per heavy atom. The number of carbonyl (C=O) groups excluding carboxylic acids is 1. The first-order valence-corrected chi connectivity index (χ1v) is 7.80. The van der Waals surface area contributed by atoms with E-state index >= 15 is 0 Å². The van der Waals surface area contributed by atoms with Crippen molar-refractivity contribution in [3.05, 3.63) is 0 Å². The molecule has 0 aliphatic carbocycles. The number of aliphatic hydroxyl groups is 1. The van der Waals surface area contributed by atoms with Gasteiger partial charge in [0.1, 0.15) is 0 Å². The Balaban J connectivity index is 2.40. The zero-order chi connectivity index (χ0) is 13.8. The molecule has 0 aromatic heterocycles. The second-order valence-electron chi connectivity index (χ2n) is 4.61. The molecular weight excluding hydrogens is 258 g/mol. The molecular formula is C11H21NO5S. The number of sulfonamides is 1. The summed E-state index contributed by atoms with van der Waals surface area (Å²) in [4.78, 5) is 11.1. The van der Waals surface area contributed by atoms with E-state index in [0.717, 1.165) is 6.42 Å². The van der Waals surface area contributed by atoms with Crippen LogP contribution in [0, 0.1) is 0 Å². The zero-order valence-electron chi connectivity index (χ0n) is 10.9. The van der Waals surface area contributed by atoms with Gasteiger partial charge in [0.25, 0.3) is 0 Å². The Morgan fingerprint density at radius 1 is 1.39 bits per heavy atom. The van der Waals surface area contributed by atoms with E-state index in [0.29, 0.717) is 6.42 Å². The van der Waals surface area contributed by atoms with E-state index in [1.165, 1.54) is 4.31 Å². The molecule has 106 valence electrons. The van der Waals surface area contributed by atoms with Gasteiger partial charge in [-0.25, -0.2) is 8.42 Å². The lowest BCUT2D eigenvalue weighted by Crippen LogP contribution is -2.63. The first-order chi connectivity index (χ1) is 8.33. The van der Waals surface area contributed by atoms with Crippen molar-refractivity contribution >= 4 is 16.0 Å². The SMILES string of the molecule is CCCC1(O)CN(S(=O)(=O)CCC(=O)OCC)C1. The van der Waals surface area contributed by atoms with Crippen LogP contribution in [-0.4, -0.2) is 54.8 Å². The monoisotopic (exact) mass is 279 g/mol. The molecule has 1 aliphatic rings. The van der Waals surface area contributed by atoms with Crippen molar-refractivity contribution < 1.29 is 23.1 Å². The van der Waals surface area contributed by atoms with Gasteiger partial charge in [0.05, 0.1) is 24.4 Å². The highest BCUT2D eigenvalue weighted by Gasteiger charge is 2.45. The van der Waals surface area contributed by atoms with Crippen LogP contribution in [0.15, 0.2) is 0 Å². The van der Waals surface area contributed by atoms with Crippen LogP contribution in [0.4, 0.5) is 0 Å². The maximum Gasteiger partial charge on any atom is 0.306 e. The van der Waals surface area contributed by atoms with Gasteiger partial charge in [-0.2, -0.15) is 4.31 Å². The largest absolute Gasteiger partial charge is 0.466 e. The van der Waals surface area contributed by atoms with Gasteiger partial charge in [-0.05, 0) is 13.3 Å². The van der Waals surface area contributed by atoms with Gasteiger partial charge in [-0.1, -0.05) is 13.3 Å². The average molecular weight is 279 g/mol. The minimum Gasteiger partial charge on any atom is -0.466 e. The molecule has 0 unspecified atom stereocenters. The van der Waals surface area contributed by atoms with E-state index in [-0.39, 0.29) is 31.9 Å². The minimum absolute atomic E-state index is 0.131. The summed E-state index contributed by atoms with van der Waals surface area (Å²) in [6.45, 7) is 4.12. The van der Waals surface area contributed by atoms with Crippen LogP contribution in [0.2, 0.25) is 0 Å². The molecule has 18 heavy (non-hydrogen) atoms. The van der Waals surface area contributed by atoms with Crippen molar-refractivity contribution in [3.63, 3.8) is 0 Å². The lowest BCUT2D eigenvalue weighted by molar-refractivity contribution is -0.142. The third kappa shape index (κ3) is 3.93. The van der Waals surface area contributed by atoms with Crippen LogP contribution >= 0.6 is 0 Å². The highest BCUT2D eigenvalue weighted by atomic mass is 32.2. The van der Waals surface area contributed by atoms with Gasteiger partial charge in [-0.3, -0.25) is 4.79 Å². The summed E-state index contributed by atoms with van der Waals surface area (Å²) in [5.74, 6) is -0.765. The molecule has 1 heterocycles. The Hall–Kier alpha value is -0.660. The van der Waals surface area contributed by atoms with Gasteiger partial charge in [0.15, 0.2) is 0 Å². The van der Waals surface area contributed by atoms with E-state index in [1.807, 2.05) is 6.92 Å². The molecule has 7 heteroatoms. The second-order valence-corrected chi connectivity index (χ2v) is 6.70. The summed E-state index contributed by atoms with van der Waals surface area (Å²) in [6.07, 6.45) is 1.27. The van der Waals surface area contributed by atoms with Crippen LogP contribution in [-0.2, 0) is 19.6 Å². The van der Waals surface area contributed by atoms with E-state index < -0.39 is 21.6 Å². The second kappa shape index (κ2) is 5.99. The molecule has 1 aliphatic heterocycles. The summed E-state index contributed by atoms with van der Waals surface area (Å²) in [6, 6.07) is 0. The van der Waals surface area contributed by atoms with Crippen LogP contribution < -0.4 is 0 Å². The number of nitrogens with zero attached hydrogens (tertiary/aromatic N) is 1. The quantitative estimate of drug-likeness (QED) is 0.669. The predicted octanol–water partition coefficient (Wildman–Crippen LogP) is 0.116. The first kappa shape index (κ1) is 15.4. The van der Waals surface area contributed by atoms with Crippen molar-refractivity contribution in [1.29, 1.82) is 0 Å². The lowest BCUT2D eigenvalue weighted by Gasteiger charge is -2.45. The third-order valence-electron chi connectivity index (χ3n) is 2.92. The Bertz CT molecular complexity index is 386. The van der Waals surface area contributed by atoms with E-state index in [1.54, 1.807) is 6.92 Å². The molecule has 0 atom stereocenters. The molecule has 0 bridgehead atoms. The summed E-state index contributed by atoms with van der Waals surface area (Å²) >= 11 is 0. The molecule has 0 amide bonds. The fraction of sp³-hybridized carbons (Fsp3) is 0.909. The van der Waals surface area contributed by atoms with Gasteiger partial charge in [-0.15, -0.1) is 0 Å². The molecule has 0 saturated carbocycles. The maximum absolute atomic E-state index is 11.8. The first-order valence-electron chi connectivity index (χ1n) is 6.19. The Morgan fingerprint density at radius 3 is 2.50 bits per heavy atom. The number of esters is 1. The average Bonchev–Trinajstić information content (AvgIpc) is 2.24. The van der Waals surface area contributed by atoms with Crippen LogP contribution in [0.3, 0.4) is 0 Å². The molecule has 0 aromatic rings. The normalized spacial score (nSPS) is 19.3. The highest BCUT2D eigenvalue weighted by molar-refractivity contribution is 7.89. The molecule has 1 fully saturated rings. The minimum atomic E-state index is -3.45. The number of rotatable bonds is 7. The summed E-state index contributed by atoms with van der Waals surface area (Å²) in [5.41, 5.74) is -0.883. The topological polar surface area (TPSA) is 83.9 Å². The molecule has 1 saturated heterocycles. The van der Waals surface area contributed by atoms with Crippen molar-refractivity contribution in [2.75, 3.05) is 25.4 Å². The number of β-amino-alcohol motifs (C(OH)–C–C–N with tert-alkyl or cyclic N) is 1. The van der Waals surface area contributed by atoms with Gasteiger partial charge >= 0.3 is 5.97 Å². The molecule has 1 N–H and O–H groups in total. The molecule has 0 radical (unpaired) electrons. The highest BCUT2D eigenvalue weighted by Crippen LogP contribution is 2.28. The zero-order valence-corrected chi connectivity index (χ0v) is 11.7. The number of hydrogen-bond acceptors (Lipinski definition) is 5. The smallest absolute Gasteiger partial charge is 0.306 e. The Kier molecular flexibility index (Phi) is 5.12. The van der Waals surface area contributed by atoms with Crippen LogP contribution in [0.5, 0.6) is 0 Å². The fourth-order valence-corrected chi connectivity index (χ4v) is 3.56. The van der Waals surface area contributed by atoms with E-state index in [2.05, 4.69) is 4.74 Å². The van der Waals surface area contributed by atoms with Crippen molar-refractivity contribution in [2.45, 2.75) is 38.7 Å². The number of carbonyl (C=O) groups is 1. The standard InChI is InChI=1S/C11H21NO5S/c1-3-6-11(14)8-12(9-11)18(15,16)7-5-10(13)17-4-2/h14H,3-9H2,1-2H3. The third-order valence-corrected chi connectivity index (χ3v) is 4.68. The van der Waals surface area contributed by atoms with Gasteiger partial charge in [0.2, 0.25) is 10.0 Å². The van der Waals surface area contributed by atoms with E-state index in [4.69, 9.17) is 0 Å². The lowest BCUT2D eigenvalue weighted by atomic mass is 9.92. The Labute approximate surface area is 108 Å². The summed E-state index contributed by atoms with van der Waals surface area (Å²) in [7, 11) is -3.45. The molecule has 0 spiro atoms. The molecule has 1 rings (SSSR count).